The average molecular weight is 222 g/mol. The van der Waals surface area contributed by atoms with Crippen LogP contribution in [0.1, 0.15) is 20.8 Å². The summed E-state index contributed by atoms with van der Waals surface area (Å²) < 4.78 is 20.7. The first-order valence-electron chi connectivity index (χ1n) is 4.37. The van der Waals surface area contributed by atoms with Crippen molar-refractivity contribution in [2.45, 2.75) is 32.9 Å². The maximum atomic E-state index is 11.2. The number of rotatable bonds is 6. The summed E-state index contributed by atoms with van der Waals surface area (Å²) in [7, 11) is -0.250. The third-order valence-corrected chi connectivity index (χ3v) is 2.46. The summed E-state index contributed by atoms with van der Waals surface area (Å²) in [4.78, 5) is 11.2. The molecule has 1 N–H and O–H groups in total. The maximum absolute atomic E-state index is 11.2. The molecular weight excluding hydrogens is 205 g/mol. The summed E-state index contributed by atoms with van der Waals surface area (Å²) >= 11 is 0. The van der Waals surface area contributed by atoms with Crippen LogP contribution in [0.3, 0.4) is 0 Å². The number of esters is 1. The van der Waals surface area contributed by atoms with Crippen LogP contribution in [0.4, 0.5) is 0 Å². The topological polar surface area (TPSA) is 64.6 Å². The van der Waals surface area contributed by atoms with Gasteiger partial charge in [-0.25, -0.2) is 0 Å². The minimum Gasteiger partial charge on any atom is -0.462 e. The molecule has 82 valence electrons. The molecule has 0 aromatic carbocycles. The van der Waals surface area contributed by atoms with Crippen molar-refractivity contribution in [1.29, 1.82) is 0 Å². The van der Waals surface area contributed by atoms with Gasteiger partial charge in [-0.05, 0) is 25.3 Å². The van der Waals surface area contributed by atoms with Crippen LogP contribution < -0.4 is 5.09 Å². The highest BCUT2D eigenvalue weighted by Gasteiger charge is 2.25. The Labute approximate surface area is 85.0 Å². The zero-order chi connectivity index (χ0) is 11.1. The lowest BCUT2D eigenvalue weighted by molar-refractivity contribution is -0.148. The Morgan fingerprint density at radius 3 is 2.43 bits per heavy atom. The van der Waals surface area contributed by atoms with Crippen LogP contribution >= 0.6 is 7.95 Å². The van der Waals surface area contributed by atoms with Crippen molar-refractivity contribution in [1.82, 2.24) is 5.09 Å². The molecule has 0 aliphatic rings. The van der Waals surface area contributed by atoms with Gasteiger partial charge in [0.1, 0.15) is 6.04 Å². The van der Waals surface area contributed by atoms with E-state index in [9.17, 15) is 9.36 Å². The summed E-state index contributed by atoms with van der Waals surface area (Å²) in [5, 5.41) is 2.60. The standard InChI is InChI=1S/C8H17NO4P/c1-6(2)13-8(10)7(3)9-14(11)5-12-4/h6-7H,5H2,1-4H3,(H,9,11)/q+1/t7-/m0/s1. The van der Waals surface area contributed by atoms with Crippen molar-refractivity contribution in [2.75, 3.05) is 13.5 Å². The third kappa shape index (κ3) is 6.02. The van der Waals surface area contributed by atoms with Crippen LogP contribution in [-0.2, 0) is 18.8 Å². The summed E-state index contributed by atoms with van der Waals surface area (Å²) in [6.07, 6.45) is -0.0682. The van der Waals surface area contributed by atoms with Crippen LogP contribution in [0.15, 0.2) is 0 Å². The van der Waals surface area contributed by atoms with Gasteiger partial charge >= 0.3 is 13.9 Å². The Morgan fingerprint density at radius 1 is 1.43 bits per heavy atom. The molecule has 5 nitrogen and oxygen atoms in total. The molecule has 6 heteroatoms. The smallest absolute Gasteiger partial charge is 0.461 e. The molecule has 0 bridgehead atoms. The van der Waals surface area contributed by atoms with Crippen molar-refractivity contribution >= 4 is 13.9 Å². The van der Waals surface area contributed by atoms with E-state index in [0.29, 0.717) is 0 Å². The molecule has 0 aliphatic heterocycles. The second kappa shape index (κ2) is 6.87. The Hall–Kier alpha value is -0.510. The lowest BCUT2D eigenvalue weighted by Gasteiger charge is -2.10. The lowest BCUT2D eigenvalue weighted by atomic mass is 10.4. The van der Waals surface area contributed by atoms with Crippen molar-refractivity contribution in [3.05, 3.63) is 0 Å². The minimum atomic E-state index is -1.70. The summed E-state index contributed by atoms with van der Waals surface area (Å²) in [5.74, 6) is -0.403. The first kappa shape index (κ1) is 13.5. The number of carbonyl (C=O) groups excluding carboxylic acids is 1. The van der Waals surface area contributed by atoms with E-state index in [1.165, 1.54) is 7.11 Å². The molecular formula is C8H17NO4P+. The van der Waals surface area contributed by atoms with E-state index in [4.69, 9.17) is 4.74 Å². The van der Waals surface area contributed by atoms with Crippen LogP contribution in [0.25, 0.3) is 0 Å². The largest absolute Gasteiger partial charge is 0.462 e. The van der Waals surface area contributed by atoms with Gasteiger partial charge < -0.3 is 9.47 Å². The Balaban J connectivity index is 3.88. The van der Waals surface area contributed by atoms with Gasteiger partial charge in [0.15, 0.2) is 0 Å². The zero-order valence-corrected chi connectivity index (χ0v) is 9.84. The SMILES string of the molecule is COC[P+](=O)N[C@@H](C)C(=O)OC(C)C. The molecule has 2 atom stereocenters. The van der Waals surface area contributed by atoms with Gasteiger partial charge in [-0.15, -0.1) is 0 Å². The Bertz CT molecular complexity index is 208. The number of methoxy groups -OCH3 is 1. The van der Waals surface area contributed by atoms with E-state index < -0.39 is 20.0 Å². The monoisotopic (exact) mass is 222 g/mol. The van der Waals surface area contributed by atoms with Gasteiger partial charge in [-0.2, -0.15) is 0 Å². The maximum Gasteiger partial charge on any atom is 0.461 e. The molecule has 1 unspecified atom stereocenters. The first-order valence-corrected chi connectivity index (χ1v) is 5.82. The van der Waals surface area contributed by atoms with Crippen molar-refractivity contribution < 1.29 is 18.8 Å². The molecule has 0 rings (SSSR count). The van der Waals surface area contributed by atoms with Crippen LogP contribution in [0.5, 0.6) is 0 Å². The van der Waals surface area contributed by atoms with Crippen molar-refractivity contribution in [3.63, 3.8) is 0 Å². The van der Waals surface area contributed by atoms with Gasteiger partial charge in [-0.1, -0.05) is 5.09 Å². The Kier molecular flexibility index (Phi) is 6.62. The second-order valence-electron chi connectivity index (χ2n) is 3.13. The second-order valence-corrected chi connectivity index (χ2v) is 4.41. The molecule has 14 heavy (non-hydrogen) atoms. The summed E-state index contributed by atoms with van der Waals surface area (Å²) in [6, 6.07) is -0.573. The van der Waals surface area contributed by atoms with E-state index >= 15 is 0 Å². The van der Waals surface area contributed by atoms with Gasteiger partial charge in [0.2, 0.25) is 0 Å². The minimum absolute atomic E-state index is 0.0919. The van der Waals surface area contributed by atoms with Gasteiger partial charge in [0, 0.05) is 7.11 Å². The summed E-state index contributed by atoms with van der Waals surface area (Å²) in [6.45, 7) is 5.13. The zero-order valence-electron chi connectivity index (χ0n) is 8.94. The molecule has 0 amide bonds. The molecule has 0 aromatic rings. The normalized spacial score (nSPS) is 13.9. The van der Waals surface area contributed by atoms with E-state index in [1.54, 1.807) is 20.8 Å². The fraction of sp³-hybridized carbons (Fsp3) is 0.875. The highest BCUT2D eigenvalue weighted by Crippen LogP contribution is 2.15. The van der Waals surface area contributed by atoms with E-state index in [2.05, 4.69) is 9.82 Å². The first-order chi connectivity index (χ1) is 6.47. The number of hydrogen-bond acceptors (Lipinski definition) is 4. The predicted octanol–water partition coefficient (Wildman–Crippen LogP) is 1.26. The Morgan fingerprint density at radius 2 is 2.00 bits per heavy atom. The third-order valence-electron chi connectivity index (χ3n) is 1.29. The molecule has 0 aliphatic carbocycles. The predicted molar refractivity (Wildman–Crippen MR) is 53.3 cm³/mol. The van der Waals surface area contributed by atoms with Gasteiger partial charge in [-0.3, -0.25) is 4.79 Å². The van der Waals surface area contributed by atoms with Crippen LogP contribution in [0.2, 0.25) is 0 Å². The van der Waals surface area contributed by atoms with Crippen LogP contribution in [0, 0.1) is 0 Å². The van der Waals surface area contributed by atoms with Crippen molar-refractivity contribution in [2.24, 2.45) is 0 Å². The molecule has 0 fully saturated rings. The number of carbonyl (C=O) groups is 1. The molecule has 0 saturated carbocycles. The fourth-order valence-electron chi connectivity index (χ4n) is 0.758. The van der Waals surface area contributed by atoms with E-state index in [-0.39, 0.29) is 12.5 Å². The number of hydrogen-bond donors (Lipinski definition) is 1. The van der Waals surface area contributed by atoms with Gasteiger partial charge in [0.05, 0.1) is 6.10 Å². The van der Waals surface area contributed by atoms with Crippen molar-refractivity contribution in [3.8, 4) is 0 Å². The molecule has 0 saturated heterocycles. The van der Waals surface area contributed by atoms with E-state index in [1.807, 2.05) is 0 Å². The fourth-order valence-corrected chi connectivity index (χ4v) is 1.60. The highest BCUT2D eigenvalue weighted by atomic mass is 31.1. The van der Waals surface area contributed by atoms with E-state index in [0.717, 1.165) is 0 Å². The van der Waals surface area contributed by atoms with Gasteiger partial charge in [0.25, 0.3) is 6.35 Å². The number of nitrogens with one attached hydrogen (secondary N) is 1. The highest BCUT2D eigenvalue weighted by molar-refractivity contribution is 7.42. The van der Waals surface area contributed by atoms with Crippen LogP contribution in [-0.4, -0.2) is 31.6 Å². The molecule has 0 radical (unpaired) electrons. The average Bonchev–Trinajstić information content (AvgIpc) is 2.02. The molecule has 0 aromatic heterocycles. The lowest BCUT2D eigenvalue weighted by Crippen LogP contribution is -2.32. The summed E-state index contributed by atoms with van der Waals surface area (Å²) in [5.41, 5.74) is 0. The molecule has 0 spiro atoms. The number of ether oxygens (including phenoxy) is 2. The molecule has 0 heterocycles. The quantitative estimate of drug-likeness (QED) is 0.541.